The summed E-state index contributed by atoms with van der Waals surface area (Å²) < 4.78 is 10.4. The topological polar surface area (TPSA) is 76.8 Å². The predicted octanol–water partition coefficient (Wildman–Crippen LogP) is -0.898. The highest BCUT2D eigenvalue weighted by Gasteiger charge is 2.30. The average molecular weight is 231 g/mol. The Labute approximate surface area is 96.0 Å². The Morgan fingerprint density at radius 3 is 2.94 bits per heavy atom. The molecule has 1 aliphatic rings. The molecule has 1 heterocycles. The first-order valence-corrected chi connectivity index (χ1v) is 5.49. The number of carbonyl (C=O) groups excluding carboxylic acids is 1. The zero-order valence-corrected chi connectivity index (χ0v) is 9.94. The fraction of sp³-hybridized carbons (Fsp3) is 0.900. The van der Waals surface area contributed by atoms with Crippen LogP contribution in [0.25, 0.3) is 0 Å². The number of nitrogens with two attached hydrogens (primary N) is 1. The molecule has 6 nitrogen and oxygen atoms in total. The van der Waals surface area contributed by atoms with Gasteiger partial charge in [0, 0.05) is 20.8 Å². The summed E-state index contributed by atoms with van der Waals surface area (Å²) in [6.07, 6.45) is 2.26. The molecule has 1 fully saturated rings. The third-order valence-electron chi connectivity index (χ3n) is 2.95. The van der Waals surface area contributed by atoms with Gasteiger partial charge in [0.1, 0.15) is 6.04 Å². The van der Waals surface area contributed by atoms with E-state index in [9.17, 15) is 4.79 Å². The van der Waals surface area contributed by atoms with Gasteiger partial charge in [-0.15, -0.1) is 0 Å². The lowest BCUT2D eigenvalue weighted by Gasteiger charge is -2.36. The second kappa shape index (κ2) is 6.80. The second-order valence-corrected chi connectivity index (χ2v) is 3.97. The van der Waals surface area contributed by atoms with Crippen molar-refractivity contribution in [2.75, 3.05) is 33.9 Å². The summed E-state index contributed by atoms with van der Waals surface area (Å²) in [4.78, 5) is 13.7. The second-order valence-electron chi connectivity index (χ2n) is 3.97. The van der Waals surface area contributed by atoms with E-state index < -0.39 is 0 Å². The summed E-state index contributed by atoms with van der Waals surface area (Å²) in [5.41, 5.74) is 2.18. The van der Waals surface area contributed by atoms with Crippen molar-refractivity contribution in [3.63, 3.8) is 0 Å². The van der Waals surface area contributed by atoms with Crippen LogP contribution >= 0.6 is 0 Å². The van der Waals surface area contributed by atoms with Gasteiger partial charge in [-0.05, 0) is 19.4 Å². The number of hydrazine groups is 1. The van der Waals surface area contributed by atoms with Gasteiger partial charge in [0.05, 0.1) is 12.7 Å². The normalized spacial score (nSPS) is 24.1. The van der Waals surface area contributed by atoms with Crippen molar-refractivity contribution >= 4 is 5.91 Å². The van der Waals surface area contributed by atoms with Crippen molar-refractivity contribution in [3.8, 4) is 0 Å². The van der Waals surface area contributed by atoms with Crippen molar-refractivity contribution in [2.24, 2.45) is 5.84 Å². The SMILES string of the molecule is COCC(C(=O)NN)N1CCCC(OC)C1. The quantitative estimate of drug-likeness (QED) is 0.364. The van der Waals surface area contributed by atoms with Gasteiger partial charge in [-0.25, -0.2) is 5.84 Å². The molecule has 6 heteroatoms. The van der Waals surface area contributed by atoms with Crippen molar-refractivity contribution in [1.29, 1.82) is 0 Å². The smallest absolute Gasteiger partial charge is 0.253 e. The van der Waals surface area contributed by atoms with E-state index in [1.54, 1.807) is 14.2 Å². The van der Waals surface area contributed by atoms with Gasteiger partial charge in [0.15, 0.2) is 0 Å². The number of piperidine rings is 1. The minimum absolute atomic E-state index is 0.193. The first-order chi connectivity index (χ1) is 7.72. The zero-order chi connectivity index (χ0) is 12.0. The monoisotopic (exact) mass is 231 g/mol. The largest absolute Gasteiger partial charge is 0.383 e. The third kappa shape index (κ3) is 3.41. The van der Waals surface area contributed by atoms with Crippen molar-refractivity contribution in [2.45, 2.75) is 25.0 Å². The molecule has 0 bridgehead atoms. The molecular weight excluding hydrogens is 210 g/mol. The van der Waals surface area contributed by atoms with Gasteiger partial charge in [-0.1, -0.05) is 0 Å². The molecule has 94 valence electrons. The van der Waals surface area contributed by atoms with Crippen LogP contribution in [0.1, 0.15) is 12.8 Å². The number of likely N-dealkylation sites (tertiary alicyclic amines) is 1. The van der Waals surface area contributed by atoms with E-state index in [1.807, 2.05) is 0 Å². The van der Waals surface area contributed by atoms with Gasteiger partial charge < -0.3 is 9.47 Å². The number of amides is 1. The number of hydrogen-bond acceptors (Lipinski definition) is 5. The molecule has 0 aromatic carbocycles. The molecule has 0 aromatic rings. The van der Waals surface area contributed by atoms with Crippen LogP contribution in [0.3, 0.4) is 0 Å². The Kier molecular flexibility index (Phi) is 5.68. The number of carbonyl (C=O) groups is 1. The van der Waals surface area contributed by atoms with Gasteiger partial charge in [-0.3, -0.25) is 15.1 Å². The number of methoxy groups -OCH3 is 2. The summed E-state index contributed by atoms with van der Waals surface area (Å²) in [6, 6.07) is -0.326. The van der Waals surface area contributed by atoms with Crippen LogP contribution in [0.4, 0.5) is 0 Å². The Balaban J connectivity index is 2.58. The van der Waals surface area contributed by atoms with Crippen LogP contribution < -0.4 is 11.3 Å². The van der Waals surface area contributed by atoms with Crippen LogP contribution in [0.15, 0.2) is 0 Å². The van der Waals surface area contributed by atoms with Gasteiger partial charge in [-0.2, -0.15) is 0 Å². The highest BCUT2D eigenvalue weighted by Crippen LogP contribution is 2.15. The van der Waals surface area contributed by atoms with Crippen LogP contribution in [0.2, 0.25) is 0 Å². The molecule has 1 amide bonds. The molecule has 16 heavy (non-hydrogen) atoms. The minimum Gasteiger partial charge on any atom is -0.383 e. The number of nitrogens with zero attached hydrogens (tertiary/aromatic N) is 1. The molecule has 0 aromatic heterocycles. The van der Waals surface area contributed by atoms with Crippen LogP contribution in [-0.2, 0) is 14.3 Å². The zero-order valence-electron chi connectivity index (χ0n) is 9.94. The summed E-state index contributed by atoms with van der Waals surface area (Å²) >= 11 is 0. The molecule has 0 saturated carbocycles. The van der Waals surface area contributed by atoms with Crippen molar-refractivity contribution in [1.82, 2.24) is 10.3 Å². The molecule has 1 rings (SSSR count). The van der Waals surface area contributed by atoms with E-state index in [0.29, 0.717) is 6.61 Å². The van der Waals surface area contributed by atoms with Crippen molar-refractivity contribution in [3.05, 3.63) is 0 Å². The molecular formula is C10H21N3O3. The number of rotatable bonds is 5. The number of ether oxygens (including phenoxy) is 2. The Hall–Kier alpha value is -0.690. The van der Waals surface area contributed by atoms with Gasteiger partial charge in [0.2, 0.25) is 0 Å². The predicted molar refractivity (Wildman–Crippen MR) is 59.6 cm³/mol. The number of nitrogens with one attached hydrogen (secondary N) is 1. The molecule has 0 spiro atoms. The summed E-state index contributed by atoms with van der Waals surface area (Å²) in [6.45, 7) is 1.97. The van der Waals surface area contributed by atoms with Crippen molar-refractivity contribution < 1.29 is 14.3 Å². The van der Waals surface area contributed by atoms with E-state index in [-0.39, 0.29) is 18.1 Å². The maximum Gasteiger partial charge on any atom is 0.253 e. The van der Waals surface area contributed by atoms with E-state index >= 15 is 0 Å². The van der Waals surface area contributed by atoms with E-state index in [2.05, 4.69) is 10.3 Å². The van der Waals surface area contributed by atoms with Crippen LogP contribution in [-0.4, -0.2) is 56.9 Å². The summed E-state index contributed by atoms with van der Waals surface area (Å²) in [5.74, 6) is 4.95. The van der Waals surface area contributed by atoms with E-state index in [1.165, 1.54) is 0 Å². The fourth-order valence-corrected chi connectivity index (χ4v) is 2.04. The van der Waals surface area contributed by atoms with Crippen LogP contribution in [0, 0.1) is 0 Å². The molecule has 2 atom stereocenters. The van der Waals surface area contributed by atoms with Gasteiger partial charge >= 0.3 is 0 Å². The lowest BCUT2D eigenvalue weighted by Crippen LogP contribution is -2.55. The molecule has 0 radical (unpaired) electrons. The van der Waals surface area contributed by atoms with Crippen LogP contribution in [0.5, 0.6) is 0 Å². The Morgan fingerprint density at radius 2 is 2.38 bits per heavy atom. The lowest BCUT2D eigenvalue weighted by atomic mass is 10.1. The molecule has 1 aliphatic heterocycles. The maximum absolute atomic E-state index is 11.6. The first-order valence-electron chi connectivity index (χ1n) is 5.49. The molecule has 3 N–H and O–H groups in total. The van der Waals surface area contributed by atoms with Gasteiger partial charge in [0.25, 0.3) is 5.91 Å². The fourth-order valence-electron chi connectivity index (χ4n) is 2.04. The highest BCUT2D eigenvalue weighted by molar-refractivity contribution is 5.81. The maximum atomic E-state index is 11.6. The third-order valence-corrected chi connectivity index (χ3v) is 2.95. The standard InChI is InChI=1S/C10H21N3O3/c1-15-7-9(10(14)12-11)13-5-3-4-8(6-13)16-2/h8-9H,3-7,11H2,1-2H3,(H,12,14). The minimum atomic E-state index is -0.326. The molecule has 1 saturated heterocycles. The lowest BCUT2D eigenvalue weighted by molar-refractivity contribution is -0.130. The van der Waals surface area contributed by atoms with E-state index in [0.717, 1.165) is 25.9 Å². The Bertz CT molecular complexity index is 225. The average Bonchev–Trinajstić information content (AvgIpc) is 2.35. The number of hydrogen-bond donors (Lipinski definition) is 2. The Morgan fingerprint density at radius 1 is 1.62 bits per heavy atom. The first kappa shape index (κ1) is 13.4. The highest BCUT2D eigenvalue weighted by atomic mass is 16.5. The summed E-state index contributed by atoms with van der Waals surface area (Å²) in [5, 5.41) is 0. The molecule has 0 aliphatic carbocycles. The molecule has 2 unspecified atom stereocenters. The summed E-state index contributed by atoms with van der Waals surface area (Å²) in [7, 11) is 3.27. The van der Waals surface area contributed by atoms with E-state index in [4.69, 9.17) is 15.3 Å².